The maximum absolute atomic E-state index is 12.0. The van der Waals surface area contributed by atoms with Crippen LogP contribution in [-0.4, -0.2) is 25.3 Å². The van der Waals surface area contributed by atoms with Crippen molar-refractivity contribution in [1.29, 1.82) is 0 Å². The van der Waals surface area contributed by atoms with Gasteiger partial charge in [0.1, 0.15) is 5.78 Å². The van der Waals surface area contributed by atoms with Crippen LogP contribution in [0.1, 0.15) is 23.0 Å². The minimum Gasteiger partial charge on any atom is -0.384 e. The lowest BCUT2D eigenvalue weighted by Gasteiger charge is -2.14. The fourth-order valence-corrected chi connectivity index (χ4v) is 1.60. The number of carbonyl (C=O) groups is 2. The van der Waals surface area contributed by atoms with Gasteiger partial charge in [0.05, 0.1) is 16.6 Å². The van der Waals surface area contributed by atoms with Gasteiger partial charge in [-0.2, -0.15) is 0 Å². The molecule has 1 aromatic rings. The van der Waals surface area contributed by atoms with Gasteiger partial charge in [-0.3, -0.25) is 4.79 Å². The van der Waals surface area contributed by atoms with Gasteiger partial charge in [0.25, 0.3) is 0 Å². The van der Waals surface area contributed by atoms with Gasteiger partial charge in [-0.15, -0.1) is 0 Å². The molecule has 4 nitrogen and oxygen atoms in total. The fourth-order valence-electron chi connectivity index (χ4n) is 1.60. The molecule has 18 heavy (non-hydrogen) atoms. The van der Waals surface area contributed by atoms with Crippen LogP contribution in [0.15, 0.2) is 30.3 Å². The predicted molar refractivity (Wildman–Crippen MR) is 69.0 cm³/mol. The maximum Gasteiger partial charge on any atom is 0.226 e. The van der Waals surface area contributed by atoms with E-state index in [9.17, 15) is 9.59 Å². The lowest BCUT2D eigenvalue weighted by atomic mass is 10.0. The van der Waals surface area contributed by atoms with Crippen LogP contribution in [0.4, 0.5) is 0 Å². The molecule has 0 fully saturated rings. The highest BCUT2D eigenvalue weighted by atomic mass is 16.5. The van der Waals surface area contributed by atoms with Gasteiger partial charge in [0, 0.05) is 20.0 Å². The number of methoxy groups -OCH3 is 1. The van der Waals surface area contributed by atoms with Crippen LogP contribution in [0.5, 0.6) is 0 Å². The van der Waals surface area contributed by atoms with Gasteiger partial charge < -0.3 is 14.8 Å². The van der Waals surface area contributed by atoms with Crippen LogP contribution >= 0.6 is 0 Å². The summed E-state index contributed by atoms with van der Waals surface area (Å²) < 4.78 is 25.6. The lowest BCUT2D eigenvalue weighted by Crippen LogP contribution is -2.33. The zero-order valence-corrected chi connectivity index (χ0v) is 10.3. The molecule has 98 valence electrons. The third kappa shape index (κ3) is 5.10. The van der Waals surface area contributed by atoms with E-state index in [1.54, 1.807) is 0 Å². The minimum absolute atomic E-state index is 0.0449. The second-order valence-electron chi connectivity index (χ2n) is 4.12. The number of ketones is 1. The molecule has 0 bridgehead atoms. The van der Waals surface area contributed by atoms with E-state index < -0.39 is 18.9 Å². The Kier molecular flexibility index (Phi) is 4.34. The topological polar surface area (TPSA) is 55.4 Å². The maximum atomic E-state index is 12.0. The molecule has 0 heterocycles. The van der Waals surface area contributed by atoms with E-state index in [2.05, 4.69) is 10.1 Å². The average Bonchev–Trinajstić information content (AvgIpc) is 2.40. The predicted octanol–water partition coefficient (Wildman–Crippen LogP) is 1.54. The van der Waals surface area contributed by atoms with Crippen molar-refractivity contribution in [2.75, 3.05) is 13.6 Å². The molecule has 0 aromatic heterocycles. The summed E-state index contributed by atoms with van der Waals surface area (Å²) in [6.45, 7) is 1.37. The quantitative estimate of drug-likeness (QED) is 0.801. The van der Waals surface area contributed by atoms with Gasteiger partial charge in [-0.25, -0.2) is 0 Å². The van der Waals surface area contributed by atoms with Gasteiger partial charge in [0.2, 0.25) is 5.91 Å². The van der Waals surface area contributed by atoms with Crippen molar-refractivity contribution < 1.29 is 18.4 Å². The van der Waals surface area contributed by atoms with Crippen molar-refractivity contribution >= 4 is 11.7 Å². The highest BCUT2D eigenvalue weighted by molar-refractivity contribution is 5.85. The van der Waals surface area contributed by atoms with Crippen molar-refractivity contribution in [3.63, 3.8) is 0 Å². The summed E-state index contributed by atoms with van der Waals surface area (Å²) in [5.74, 6) is -1.38. The van der Waals surface area contributed by atoms with E-state index in [1.165, 1.54) is 6.92 Å². The SMILES string of the molecule is [2H]C([2H])([2H])OC[C@@H](CC(C)=O)C(=O)NCc1ccccc1. The zero-order chi connectivity index (χ0) is 15.9. The van der Waals surface area contributed by atoms with Gasteiger partial charge in [0.15, 0.2) is 0 Å². The summed E-state index contributed by atoms with van der Waals surface area (Å²) in [5, 5.41) is 2.69. The molecule has 1 aromatic carbocycles. The molecule has 0 aliphatic rings. The summed E-state index contributed by atoms with van der Waals surface area (Å²) in [4.78, 5) is 23.2. The van der Waals surface area contributed by atoms with Crippen LogP contribution in [0.3, 0.4) is 0 Å². The molecule has 0 aliphatic carbocycles. The summed E-state index contributed by atoms with van der Waals surface area (Å²) in [6, 6.07) is 9.30. The third-order valence-electron chi connectivity index (χ3n) is 2.50. The fraction of sp³-hybridized carbons (Fsp3) is 0.429. The zero-order valence-electron chi connectivity index (χ0n) is 13.3. The van der Waals surface area contributed by atoms with E-state index >= 15 is 0 Å². The van der Waals surface area contributed by atoms with Crippen LogP contribution in [0, 0.1) is 5.92 Å². The monoisotopic (exact) mass is 252 g/mol. The summed E-state index contributed by atoms with van der Waals surface area (Å²) in [7, 11) is -2.57. The Labute approximate surface area is 112 Å². The van der Waals surface area contributed by atoms with E-state index in [4.69, 9.17) is 4.11 Å². The molecule has 0 aliphatic heterocycles. The number of benzene rings is 1. The minimum atomic E-state index is -2.57. The number of amides is 1. The number of rotatable bonds is 7. The van der Waals surface area contributed by atoms with Crippen LogP contribution in [0.25, 0.3) is 0 Å². The Morgan fingerprint density at radius 1 is 1.39 bits per heavy atom. The number of nitrogens with one attached hydrogen (secondary N) is 1. The van der Waals surface area contributed by atoms with Gasteiger partial charge >= 0.3 is 0 Å². The van der Waals surface area contributed by atoms with Crippen molar-refractivity contribution in [3.05, 3.63) is 35.9 Å². The molecule has 0 radical (unpaired) electrons. The third-order valence-corrected chi connectivity index (χ3v) is 2.50. The molecule has 0 saturated heterocycles. The molecule has 1 amide bonds. The molecular weight excluding hydrogens is 230 g/mol. The van der Waals surface area contributed by atoms with Crippen LogP contribution in [-0.2, 0) is 20.9 Å². The second kappa shape index (κ2) is 7.61. The first kappa shape index (κ1) is 10.3. The van der Waals surface area contributed by atoms with E-state index in [0.717, 1.165) is 5.56 Å². The first-order chi connectivity index (χ1) is 9.78. The Hall–Kier alpha value is -1.68. The van der Waals surface area contributed by atoms with Crippen molar-refractivity contribution in [2.45, 2.75) is 19.9 Å². The molecule has 0 saturated carbocycles. The first-order valence-electron chi connectivity index (χ1n) is 7.23. The summed E-state index contributed by atoms with van der Waals surface area (Å²) >= 11 is 0. The molecule has 0 spiro atoms. The van der Waals surface area contributed by atoms with Crippen molar-refractivity contribution in [2.24, 2.45) is 5.92 Å². The smallest absolute Gasteiger partial charge is 0.226 e. The Balaban J connectivity index is 2.56. The molecular formula is C14H19NO3. The molecule has 4 heteroatoms. The van der Waals surface area contributed by atoms with Crippen LogP contribution in [0.2, 0.25) is 0 Å². The average molecular weight is 252 g/mol. The Bertz CT molecular complexity index is 474. The first-order valence-corrected chi connectivity index (χ1v) is 5.73. The number of hydrogen-bond acceptors (Lipinski definition) is 3. The number of hydrogen-bond donors (Lipinski definition) is 1. The molecule has 1 N–H and O–H groups in total. The molecule has 0 unspecified atom stereocenters. The number of Topliss-reactive ketones (excluding diaryl/α,β-unsaturated/α-hetero) is 1. The number of ether oxygens (including phenoxy) is 1. The normalized spacial score (nSPS) is 15.1. The van der Waals surface area contributed by atoms with E-state index in [1.807, 2.05) is 30.3 Å². The summed E-state index contributed by atoms with van der Waals surface area (Å²) in [5.41, 5.74) is 0.921. The Morgan fingerprint density at radius 2 is 2.11 bits per heavy atom. The lowest BCUT2D eigenvalue weighted by molar-refractivity contribution is -0.130. The largest absolute Gasteiger partial charge is 0.384 e. The van der Waals surface area contributed by atoms with Gasteiger partial charge in [-0.1, -0.05) is 30.3 Å². The standard InChI is InChI=1S/C14H19NO3/c1-11(16)8-13(10-18-2)14(17)15-9-12-6-4-3-5-7-12/h3-7,13H,8-10H2,1-2H3,(H,15,17)/t13-/m1/s1/i2D3. The highest BCUT2D eigenvalue weighted by Gasteiger charge is 2.19. The van der Waals surface area contributed by atoms with Crippen molar-refractivity contribution in [1.82, 2.24) is 5.32 Å². The summed E-state index contributed by atoms with van der Waals surface area (Å²) in [6.07, 6.45) is -0.0449. The second-order valence-corrected chi connectivity index (χ2v) is 4.12. The van der Waals surface area contributed by atoms with Crippen molar-refractivity contribution in [3.8, 4) is 0 Å². The van der Waals surface area contributed by atoms with E-state index in [0.29, 0.717) is 6.54 Å². The van der Waals surface area contributed by atoms with Gasteiger partial charge in [-0.05, 0) is 12.5 Å². The Morgan fingerprint density at radius 3 is 2.72 bits per heavy atom. The molecule has 1 atom stereocenters. The highest BCUT2D eigenvalue weighted by Crippen LogP contribution is 2.06. The number of carbonyl (C=O) groups excluding carboxylic acids is 2. The van der Waals surface area contributed by atoms with Crippen LogP contribution < -0.4 is 5.32 Å². The molecule has 1 rings (SSSR count). The van der Waals surface area contributed by atoms with E-state index in [-0.39, 0.29) is 18.8 Å².